The summed E-state index contributed by atoms with van der Waals surface area (Å²) < 4.78 is 12.5. The first-order valence-corrected chi connectivity index (χ1v) is 37.1. The summed E-state index contributed by atoms with van der Waals surface area (Å²) in [6, 6.07) is 14.9. The Bertz CT molecular complexity index is 3540. The molecule has 4 aromatic carbocycles. The van der Waals surface area contributed by atoms with Crippen molar-refractivity contribution in [1.82, 2.24) is 0 Å². The highest BCUT2D eigenvalue weighted by molar-refractivity contribution is 5.89. The molecular formula is C86H126N4O8. The lowest BCUT2D eigenvalue weighted by atomic mass is 9.79. The zero-order chi connectivity index (χ0) is 72.9. The number of aliphatic imine (C=N–C) groups is 4. The number of aromatic hydroxyl groups is 4. The van der Waals surface area contributed by atoms with Gasteiger partial charge < -0.3 is 29.9 Å². The number of ether oxygens (including phenoxy) is 2. The Kier molecular flexibility index (Phi) is 27.8. The molecule has 0 aromatic heterocycles. The molecule has 0 amide bonds. The molecule has 6 rings (SSSR count). The van der Waals surface area contributed by atoms with Crippen molar-refractivity contribution in [2.24, 2.45) is 31.8 Å². The average molecular weight is 1340 g/mol. The number of nitrogens with zero attached hydrogens (tertiary/aromatic N) is 4. The zero-order valence-electron chi connectivity index (χ0n) is 64.3. The van der Waals surface area contributed by atoms with E-state index >= 15 is 0 Å². The third-order valence-corrected chi connectivity index (χ3v) is 19.9. The number of hydrogen-bond donors (Lipinski definition) is 4. The van der Waals surface area contributed by atoms with Gasteiger partial charge in [0, 0.05) is 69.4 Å². The minimum absolute atomic E-state index is 0.108. The molecule has 2 saturated carbocycles. The van der Waals surface area contributed by atoms with E-state index in [1.807, 2.05) is 54.0 Å². The van der Waals surface area contributed by atoms with Gasteiger partial charge in [-0.2, -0.15) is 0 Å². The summed E-state index contributed by atoms with van der Waals surface area (Å²) >= 11 is 0. The lowest BCUT2D eigenvalue weighted by Gasteiger charge is -2.28. The molecule has 4 N–H and O–H groups in total. The molecule has 0 radical (unpaired) electrons. The standard InChI is InChI=1S/C86H126N4O8/c1-23-33-57(79(95)97-65-45-61(77(93)69(49-65)85(17,18)19)53-89-73-41-30-28-39-71(73)87-51-59-43-63(81(5,6)7)47-67(75(59)91)83(11,12)13)37-27-26-36-56(25-3)55(4)35-32-38-58(34-24-2)80(96)98-66-46-62(78(94)70(50-66)86(20,21)22)54-90-74-42-31-29-40-72(74)88-52-60-44-64(82(8,9)10)48-68(76(60)92)84(14,15)16/h36,43-54,57-58,71-74,91-94H,4,23-35,37-42H2,1-3,5-22H3/b56-36?,87-51+,88-52+,89-53+,90-54+/t57?,58?,71-,72-,73-,74-/m1/s1. The Morgan fingerprint density at radius 2 is 0.755 bits per heavy atom. The SMILES string of the molecule is C=C(CCCC(CCC)C(=O)Oc1cc(/C=N/[C@@H]2CCCC[C@H]2/N=C/c2cc(C(C)(C)C)cc(C(C)(C)C)c2O)c(O)c(C(C)(C)C)c1)C(=CCCCC(CCC)C(=O)Oc1cc(/C=N/[C@@H]2CCCC[C@H]2/N=C/c2cc(C(C)(C)C)cc(C(C)(C)C)c2O)c(O)c(C(C)(C)C)c1)CC. The van der Waals surface area contributed by atoms with Crippen LogP contribution in [0.2, 0.25) is 0 Å². The summed E-state index contributed by atoms with van der Waals surface area (Å²) in [6.07, 6.45) is 25.0. The van der Waals surface area contributed by atoms with Gasteiger partial charge in [0.1, 0.15) is 34.5 Å². The van der Waals surface area contributed by atoms with Crippen LogP contribution in [0, 0.1) is 11.8 Å². The molecule has 2 aliphatic carbocycles. The Morgan fingerprint density at radius 3 is 1.05 bits per heavy atom. The van der Waals surface area contributed by atoms with Crippen LogP contribution in [-0.4, -0.2) is 81.4 Å². The van der Waals surface area contributed by atoms with Gasteiger partial charge in [0.15, 0.2) is 0 Å². The van der Waals surface area contributed by atoms with Gasteiger partial charge in [-0.05, 0) is 169 Å². The topological polar surface area (TPSA) is 183 Å². The highest BCUT2D eigenvalue weighted by atomic mass is 16.5. The number of carbonyl (C=O) groups excluding carboxylic acids is 2. The summed E-state index contributed by atoms with van der Waals surface area (Å²) in [5, 5.41) is 46.6. The number of benzene rings is 4. The number of carbonyl (C=O) groups is 2. The summed E-state index contributed by atoms with van der Waals surface area (Å²) in [4.78, 5) is 48.8. The second kappa shape index (κ2) is 34.0. The van der Waals surface area contributed by atoms with Gasteiger partial charge in [-0.3, -0.25) is 29.6 Å². The molecule has 2 aliphatic rings. The van der Waals surface area contributed by atoms with Crippen LogP contribution in [0.5, 0.6) is 34.5 Å². The Hall–Kier alpha value is -6.82. The third-order valence-electron chi connectivity index (χ3n) is 19.9. The molecule has 0 heterocycles. The van der Waals surface area contributed by atoms with E-state index in [1.165, 1.54) is 5.57 Å². The molecule has 0 aliphatic heterocycles. The smallest absolute Gasteiger partial charge is 0.314 e. The molecule has 12 heteroatoms. The fraction of sp³-hybridized carbons (Fsp3) is 0.605. The molecule has 0 spiro atoms. The maximum atomic E-state index is 14.2. The van der Waals surface area contributed by atoms with Crippen molar-refractivity contribution in [1.29, 1.82) is 0 Å². The van der Waals surface area contributed by atoms with Crippen molar-refractivity contribution in [2.75, 3.05) is 0 Å². The van der Waals surface area contributed by atoms with Crippen molar-refractivity contribution in [3.63, 3.8) is 0 Å². The Morgan fingerprint density at radius 1 is 0.449 bits per heavy atom. The molecule has 0 saturated heterocycles. The van der Waals surface area contributed by atoms with E-state index in [9.17, 15) is 30.0 Å². The number of hydrogen-bond acceptors (Lipinski definition) is 12. The first-order valence-electron chi connectivity index (χ1n) is 37.1. The molecule has 12 nitrogen and oxygen atoms in total. The van der Waals surface area contributed by atoms with Gasteiger partial charge in [0.25, 0.3) is 0 Å². The molecule has 98 heavy (non-hydrogen) atoms. The maximum Gasteiger partial charge on any atom is 0.314 e. The number of rotatable bonds is 26. The van der Waals surface area contributed by atoms with E-state index in [4.69, 9.17) is 29.4 Å². The molecule has 538 valence electrons. The van der Waals surface area contributed by atoms with Gasteiger partial charge in [0.2, 0.25) is 0 Å². The second-order valence-corrected chi connectivity index (χ2v) is 34.5. The quantitative estimate of drug-likeness (QED) is 0.0157. The van der Waals surface area contributed by atoms with Crippen molar-refractivity contribution < 1.29 is 39.5 Å². The fourth-order valence-corrected chi connectivity index (χ4v) is 13.6. The first-order chi connectivity index (χ1) is 45.6. The Labute approximate surface area is 591 Å². The molecule has 2 fully saturated rings. The zero-order valence-corrected chi connectivity index (χ0v) is 64.3. The summed E-state index contributed by atoms with van der Waals surface area (Å²) in [7, 11) is 0. The van der Waals surface area contributed by atoms with Crippen molar-refractivity contribution in [3.8, 4) is 34.5 Å². The summed E-state index contributed by atoms with van der Waals surface area (Å²) in [5.74, 6) is 0.307. The van der Waals surface area contributed by atoms with Crippen molar-refractivity contribution in [3.05, 3.63) is 128 Å². The van der Waals surface area contributed by atoms with Gasteiger partial charge in [-0.25, -0.2) is 0 Å². The molecule has 0 bridgehead atoms. The number of phenols is 4. The van der Waals surface area contributed by atoms with Gasteiger partial charge in [-0.1, -0.05) is 214 Å². The maximum absolute atomic E-state index is 14.2. The van der Waals surface area contributed by atoms with Crippen LogP contribution in [-0.2, 0) is 42.1 Å². The number of esters is 2. The highest BCUT2D eigenvalue weighted by Crippen LogP contribution is 2.43. The van der Waals surface area contributed by atoms with E-state index in [-0.39, 0.29) is 92.6 Å². The van der Waals surface area contributed by atoms with E-state index < -0.39 is 10.8 Å². The molecular weight excluding hydrogens is 1220 g/mol. The van der Waals surface area contributed by atoms with Crippen LogP contribution in [0.3, 0.4) is 0 Å². The third kappa shape index (κ3) is 22.3. The van der Waals surface area contributed by atoms with Crippen molar-refractivity contribution >= 4 is 36.8 Å². The van der Waals surface area contributed by atoms with E-state index in [1.54, 1.807) is 36.7 Å². The second-order valence-electron chi connectivity index (χ2n) is 34.5. The van der Waals surface area contributed by atoms with Crippen LogP contribution in [0.25, 0.3) is 0 Å². The summed E-state index contributed by atoms with van der Waals surface area (Å²) in [5.41, 5.74) is 8.38. The number of unbranched alkanes of at least 4 members (excludes halogenated alkanes) is 1. The van der Waals surface area contributed by atoms with Crippen LogP contribution in [0.15, 0.2) is 92.3 Å². The highest BCUT2D eigenvalue weighted by Gasteiger charge is 2.32. The monoisotopic (exact) mass is 1340 g/mol. The molecule has 2 unspecified atom stereocenters. The molecule has 4 aromatic rings. The average Bonchev–Trinajstić information content (AvgIpc) is 0.811. The van der Waals surface area contributed by atoms with E-state index in [0.29, 0.717) is 70.6 Å². The van der Waals surface area contributed by atoms with Crippen LogP contribution in [0.4, 0.5) is 0 Å². The first kappa shape index (κ1) is 80.2. The predicted molar refractivity (Wildman–Crippen MR) is 410 cm³/mol. The van der Waals surface area contributed by atoms with E-state index in [2.05, 4.69) is 141 Å². The lowest BCUT2D eigenvalue weighted by molar-refractivity contribution is -0.140. The van der Waals surface area contributed by atoms with Gasteiger partial charge in [-0.15, -0.1) is 0 Å². The predicted octanol–water partition coefficient (Wildman–Crippen LogP) is 21.6. The van der Waals surface area contributed by atoms with Crippen LogP contribution >= 0.6 is 0 Å². The normalized spacial score (nSPS) is 18.7. The largest absolute Gasteiger partial charge is 0.507 e. The minimum Gasteiger partial charge on any atom is -0.507 e. The Balaban J connectivity index is 1.08. The van der Waals surface area contributed by atoms with Crippen LogP contribution < -0.4 is 9.47 Å². The number of phenolic OH excluding ortho intramolecular Hbond substituents is 4. The van der Waals surface area contributed by atoms with Gasteiger partial charge in [0.05, 0.1) is 36.0 Å². The fourth-order valence-electron chi connectivity index (χ4n) is 13.6. The lowest BCUT2D eigenvalue weighted by Crippen LogP contribution is -2.27. The van der Waals surface area contributed by atoms with E-state index in [0.717, 1.165) is 124 Å². The summed E-state index contributed by atoms with van der Waals surface area (Å²) in [6.45, 7) is 48.8. The van der Waals surface area contributed by atoms with Crippen molar-refractivity contribution in [2.45, 2.75) is 324 Å². The molecule has 6 atom stereocenters. The number of allylic oxidation sites excluding steroid dienone is 3. The van der Waals surface area contributed by atoms with Gasteiger partial charge >= 0.3 is 11.9 Å². The minimum atomic E-state index is -0.461. The van der Waals surface area contributed by atoms with Crippen LogP contribution in [0.1, 0.15) is 323 Å².